The normalized spacial score (nSPS) is 7.88. The average Bonchev–Trinajstić information content (AvgIpc) is 1.66. The summed E-state index contributed by atoms with van der Waals surface area (Å²) in [5, 5.41) is 7.93. The zero-order valence-corrected chi connectivity index (χ0v) is 5.11. The molecule has 0 aromatic heterocycles. The Kier molecular flexibility index (Phi) is 4.08. The summed E-state index contributed by atoms with van der Waals surface area (Å²) in [5.74, 6) is 0.105. The van der Waals surface area contributed by atoms with Crippen LogP contribution in [0.4, 0.5) is 0 Å². The summed E-state index contributed by atoms with van der Waals surface area (Å²) in [5.41, 5.74) is 0. The maximum absolute atomic E-state index is 9.76. The Morgan fingerprint density at radius 1 is 1.50 bits per heavy atom. The van der Waals surface area contributed by atoms with Crippen molar-refractivity contribution in [2.75, 3.05) is 5.75 Å². The van der Waals surface area contributed by atoms with Gasteiger partial charge in [-0.2, -0.15) is 13.7 Å². The lowest BCUT2D eigenvalue weighted by Crippen LogP contribution is -1.84. The van der Waals surface area contributed by atoms with E-state index < -0.39 is 10.7 Å². The zero-order valence-electron chi connectivity index (χ0n) is 4.29. The zero-order chi connectivity index (χ0) is 6.41. The molecule has 4 heteroatoms. The van der Waals surface area contributed by atoms with Gasteiger partial charge in [-0.1, -0.05) is 0 Å². The van der Waals surface area contributed by atoms with Gasteiger partial charge in [0.25, 0.3) is 0 Å². The lowest BCUT2D eigenvalue weighted by Gasteiger charge is -1.77. The standard InChI is InChI=1S/C4H6NO2S/c5-3-1-2-4-8(6)7/h1-2,4H2. The molecule has 0 N–H and O–H groups in total. The summed E-state index contributed by atoms with van der Waals surface area (Å²) in [7, 11) is -1.97. The number of unbranched alkanes of at least 4 members (excludes halogenated alkanes) is 1. The van der Waals surface area contributed by atoms with Crippen LogP contribution in [0.15, 0.2) is 0 Å². The predicted molar refractivity (Wildman–Crippen MR) is 28.6 cm³/mol. The van der Waals surface area contributed by atoms with Crippen molar-refractivity contribution < 1.29 is 8.42 Å². The third kappa shape index (κ3) is 5.31. The molecule has 0 heterocycles. The van der Waals surface area contributed by atoms with Crippen LogP contribution in [0.1, 0.15) is 12.8 Å². The molecule has 3 nitrogen and oxygen atoms in total. The minimum Gasteiger partial charge on any atom is -0.198 e. The molecular formula is C4H6NO2S. The smallest absolute Gasteiger partial charge is 0.188 e. The lowest BCUT2D eigenvalue weighted by atomic mass is 10.4. The highest BCUT2D eigenvalue weighted by molar-refractivity contribution is 7.72. The molecule has 8 heavy (non-hydrogen) atoms. The molecule has 0 amide bonds. The van der Waals surface area contributed by atoms with Crippen molar-refractivity contribution in [2.45, 2.75) is 12.8 Å². The van der Waals surface area contributed by atoms with Gasteiger partial charge >= 0.3 is 0 Å². The molecular weight excluding hydrogens is 126 g/mol. The lowest BCUT2D eigenvalue weighted by molar-refractivity contribution is 0.612. The van der Waals surface area contributed by atoms with Crippen LogP contribution >= 0.6 is 0 Å². The van der Waals surface area contributed by atoms with E-state index in [1.54, 1.807) is 0 Å². The van der Waals surface area contributed by atoms with Gasteiger partial charge < -0.3 is 0 Å². The van der Waals surface area contributed by atoms with Gasteiger partial charge in [0.1, 0.15) is 0 Å². The van der Waals surface area contributed by atoms with Crippen molar-refractivity contribution in [3.05, 3.63) is 0 Å². The quantitative estimate of drug-likeness (QED) is 0.514. The first-order valence-electron chi connectivity index (χ1n) is 2.20. The van der Waals surface area contributed by atoms with Gasteiger partial charge in [0.2, 0.25) is 0 Å². The maximum Gasteiger partial charge on any atom is 0.188 e. The maximum atomic E-state index is 9.76. The molecule has 0 aromatic rings. The third-order valence-electron chi connectivity index (χ3n) is 0.600. The Balaban J connectivity index is 3.09. The van der Waals surface area contributed by atoms with Crippen LogP contribution < -0.4 is 0 Å². The predicted octanol–water partition coefficient (Wildman–Crippen LogP) is 0.169. The topological polar surface area (TPSA) is 57.9 Å². The number of hydrogen-bond acceptors (Lipinski definition) is 3. The van der Waals surface area contributed by atoms with E-state index in [2.05, 4.69) is 0 Å². The summed E-state index contributed by atoms with van der Waals surface area (Å²) >= 11 is 0. The van der Waals surface area contributed by atoms with E-state index in [4.69, 9.17) is 5.26 Å². The summed E-state index contributed by atoms with van der Waals surface area (Å²) in [6.07, 6.45) is 0.778. The van der Waals surface area contributed by atoms with Gasteiger partial charge in [-0.15, -0.1) is 0 Å². The number of rotatable bonds is 3. The summed E-state index contributed by atoms with van der Waals surface area (Å²) < 4.78 is 19.5. The van der Waals surface area contributed by atoms with E-state index in [-0.39, 0.29) is 5.75 Å². The van der Waals surface area contributed by atoms with Crippen LogP contribution in [0, 0.1) is 11.3 Å². The largest absolute Gasteiger partial charge is 0.198 e. The molecule has 0 unspecified atom stereocenters. The molecule has 0 aromatic carbocycles. The van der Waals surface area contributed by atoms with Crippen molar-refractivity contribution in [3.63, 3.8) is 0 Å². The molecule has 0 aliphatic carbocycles. The Hall–Kier alpha value is -0.690. The van der Waals surface area contributed by atoms with Crippen LogP contribution in [0.2, 0.25) is 0 Å². The van der Waals surface area contributed by atoms with Crippen molar-refractivity contribution in [3.8, 4) is 6.07 Å². The molecule has 0 bridgehead atoms. The first kappa shape index (κ1) is 7.31. The Labute approximate surface area is 49.9 Å². The molecule has 0 saturated heterocycles. The summed E-state index contributed by atoms with van der Waals surface area (Å²) in [6, 6.07) is 1.85. The second-order valence-corrected chi connectivity index (χ2v) is 2.29. The van der Waals surface area contributed by atoms with Crippen molar-refractivity contribution in [1.82, 2.24) is 0 Å². The number of nitrogens with zero attached hydrogens (tertiary/aromatic N) is 1. The highest BCUT2D eigenvalue weighted by Gasteiger charge is 1.86. The monoisotopic (exact) mass is 132 g/mol. The van der Waals surface area contributed by atoms with Crippen LogP contribution in [0.5, 0.6) is 0 Å². The fourth-order valence-corrected chi connectivity index (χ4v) is 0.649. The fourth-order valence-electron chi connectivity index (χ4n) is 0.269. The second kappa shape index (κ2) is 4.47. The Bertz CT molecular complexity index is 148. The van der Waals surface area contributed by atoms with Gasteiger partial charge in [0.05, 0.1) is 11.8 Å². The second-order valence-electron chi connectivity index (χ2n) is 1.27. The van der Waals surface area contributed by atoms with Gasteiger partial charge in [-0.3, -0.25) is 0 Å². The van der Waals surface area contributed by atoms with E-state index in [0.717, 1.165) is 0 Å². The first-order valence-corrected chi connectivity index (χ1v) is 3.44. The summed E-state index contributed by atoms with van der Waals surface area (Å²) in [4.78, 5) is 0. The van der Waals surface area contributed by atoms with Crippen LogP contribution in [-0.2, 0) is 10.7 Å². The van der Waals surface area contributed by atoms with E-state index in [9.17, 15) is 8.42 Å². The Morgan fingerprint density at radius 2 is 2.12 bits per heavy atom. The minimum atomic E-state index is -1.97. The molecule has 0 rings (SSSR count). The molecule has 0 aliphatic rings. The van der Waals surface area contributed by atoms with Crippen LogP contribution in [0.25, 0.3) is 0 Å². The molecule has 0 saturated carbocycles. The van der Waals surface area contributed by atoms with E-state index in [1.165, 1.54) is 0 Å². The molecule has 45 valence electrons. The van der Waals surface area contributed by atoms with E-state index in [1.807, 2.05) is 6.07 Å². The van der Waals surface area contributed by atoms with Crippen molar-refractivity contribution >= 4 is 10.7 Å². The SMILES string of the molecule is N#CCCC[S](=O)=O. The molecule has 0 aliphatic heterocycles. The highest BCUT2D eigenvalue weighted by Crippen LogP contribution is 1.84. The molecule has 0 spiro atoms. The van der Waals surface area contributed by atoms with Gasteiger partial charge in [-0.25, -0.2) is 0 Å². The fraction of sp³-hybridized carbons (Fsp3) is 0.750. The van der Waals surface area contributed by atoms with Crippen molar-refractivity contribution in [1.29, 1.82) is 5.26 Å². The summed E-state index contributed by atoms with van der Waals surface area (Å²) in [6.45, 7) is 0. The van der Waals surface area contributed by atoms with Gasteiger partial charge in [-0.05, 0) is 6.42 Å². The first-order chi connectivity index (χ1) is 3.77. The average molecular weight is 132 g/mol. The number of hydrogen-bond donors (Lipinski definition) is 0. The van der Waals surface area contributed by atoms with Crippen LogP contribution in [-0.4, -0.2) is 14.2 Å². The minimum absolute atomic E-state index is 0.105. The molecule has 1 radical (unpaired) electrons. The van der Waals surface area contributed by atoms with Gasteiger partial charge in [0.15, 0.2) is 10.7 Å². The highest BCUT2D eigenvalue weighted by atomic mass is 32.2. The van der Waals surface area contributed by atoms with Crippen molar-refractivity contribution in [2.24, 2.45) is 0 Å². The van der Waals surface area contributed by atoms with Gasteiger partial charge in [0, 0.05) is 6.42 Å². The molecule has 0 atom stereocenters. The van der Waals surface area contributed by atoms with Crippen LogP contribution in [0.3, 0.4) is 0 Å². The third-order valence-corrected chi connectivity index (χ3v) is 1.22. The van der Waals surface area contributed by atoms with E-state index >= 15 is 0 Å². The molecule has 0 fully saturated rings. The van der Waals surface area contributed by atoms with E-state index in [0.29, 0.717) is 12.8 Å². The Morgan fingerprint density at radius 3 is 2.50 bits per heavy atom. The number of nitriles is 1.